The Morgan fingerprint density at radius 2 is 1.14 bits per heavy atom. The van der Waals surface area contributed by atoms with Gasteiger partial charge in [-0.2, -0.15) is 0 Å². The molecule has 0 radical (unpaired) electrons. The summed E-state index contributed by atoms with van der Waals surface area (Å²) < 4.78 is 0. The summed E-state index contributed by atoms with van der Waals surface area (Å²) >= 11 is 0. The van der Waals surface area contributed by atoms with E-state index in [1.54, 1.807) is 0 Å². The Balaban J connectivity index is 2.21. The third kappa shape index (κ3) is 2.96. The maximum atomic E-state index is 2.30. The normalized spacial score (nSPS) is 10.9. The van der Waals surface area contributed by atoms with E-state index >= 15 is 0 Å². The predicted octanol–water partition coefficient (Wildman–Crippen LogP) is 5.79. The van der Waals surface area contributed by atoms with Gasteiger partial charge >= 0.3 is 0 Å². The van der Waals surface area contributed by atoms with Crippen molar-refractivity contribution in [1.29, 1.82) is 0 Å². The molecule has 110 valence electrons. The Bertz CT molecular complexity index is 738. The van der Waals surface area contributed by atoms with Crippen LogP contribution in [-0.2, 0) is 0 Å². The summed E-state index contributed by atoms with van der Waals surface area (Å²) in [4.78, 5) is 0. The quantitative estimate of drug-likeness (QED) is 0.534. The zero-order valence-electron chi connectivity index (χ0n) is 13.5. The van der Waals surface area contributed by atoms with Gasteiger partial charge in [-0.1, -0.05) is 83.9 Å². The van der Waals surface area contributed by atoms with Gasteiger partial charge in [-0.3, -0.25) is 0 Å². The van der Waals surface area contributed by atoms with Crippen molar-refractivity contribution in [2.24, 2.45) is 0 Å². The van der Waals surface area contributed by atoms with Gasteiger partial charge in [0.1, 0.15) is 0 Å². The van der Waals surface area contributed by atoms with Crippen LogP contribution in [0.5, 0.6) is 0 Å². The number of aryl methyl sites for hydroxylation is 3. The van der Waals surface area contributed by atoms with E-state index < -0.39 is 0 Å². The van der Waals surface area contributed by atoms with E-state index in [2.05, 4.69) is 93.6 Å². The molecule has 0 spiro atoms. The van der Waals surface area contributed by atoms with E-state index in [4.69, 9.17) is 0 Å². The number of hydrogen-bond donors (Lipinski definition) is 0. The first-order valence-corrected chi connectivity index (χ1v) is 7.84. The molecule has 22 heavy (non-hydrogen) atoms. The fourth-order valence-electron chi connectivity index (χ4n) is 3.16. The molecule has 0 heteroatoms. The van der Waals surface area contributed by atoms with Crippen molar-refractivity contribution in [3.63, 3.8) is 0 Å². The first-order chi connectivity index (χ1) is 10.6. The average Bonchev–Trinajstić information content (AvgIpc) is 2.50. The number of benzene rings is 3. The van der Waals surface area contributed by atoms with Crippen molar-refractivity contribution in [3.8, 4) is 0 Å². The van der Waals surface area contributed by atoms with Gasteiger partial charge in [-0.25, -0.2) is 0 Å². The summed E-state index contributed by atoms with van der Waals surface area (Å²) in [5, 5.41) is 0. The Kier molecular flexibility index (Phi) is 4.11. The van der Waals surface area contributed by atoms with Crippen LogP contribution in [-0.4, -0.2) is 0 Å². The SMILES string of the molecule is Cc1cccc(C(c2cccc(C)c2)c2ccccc2C)c1. The third-order valence-electron chi connectivity index (χ3n) is 4.25. The molecule has 0 saturated carbocycles. The Morgan fingerprint density at radius 3 is 1.64 bits per heavy atom. The maximum absolute atomic E-state index is 2.30. The summed E-state index contributed by atoms with van der Waals surface area (Å²) in [6.07, 6.45) is 0. The van der Waals surface area contributed by atoms with Crippen LogP contribution >= 0.6 is 0 Å². The van der Waals surface area contributed by atoms with Gasteiger partial charge < -0.3 is 0 Å². The topological polar surface area (TPSA) is 0 Å². The fraction of sp³-hybridized carbons (Fsp3) is 0.182. The highest BCUT2D eigenvalue weighted by Crippen LogP contribution is 2.34. The lowest BCUT2D eigenvalue weighted by Crippen LogP contribution is -2.05. The summed E-state index contributed by atoms with van der Waals surface area (Å²) in [7, 11) is 0. The molecule has 0 aromatic heterocycles. The minimum atomic E-state index is 0.293. The van der Waals surface area contributed by atoms with Crippen molar-refractivity contribution in [3.05, 3.63) is 106 Å². The molecule has 0 N–H and O–H groups in total. The van der Waals surface area contributed by atoms with E-state index in [0.717, 1.165) is 0 Å². The zero-order chi connectivity index (χ0) is 15.5. The van der Waals surface area contributed by atoms with E-state index in [9.17, 15) is 0 Å². The number of rotatable bonds is 3. The number of hydrogen-bond acceptors (Lipinski definition) is 0. The van der Waals surface area contributed by atoms with Crippen LogP contribution in [0.25, 0.3) is 0 Å². The maximum Gasteiger partial charge on any atom is 0.0342 e. The molecule has 0 atom stereocenters. The highest BCUT2D eigenvalue weighted by Gasteiger charge is 2.18. The van der Waals surface area contributed by atoms with Crippen LogP contribution < -0.4 is 0 Å². The molecule has 3 aromatic rings. The second-order valence-electron chi connectivity index (χ2n) is 6.12. The fourth-order valence-corrected chi connectivity index (χ4v) is 3.16. The van der Waals surface area contributed by atoms with Crippen molar-refractivity contribution in [2.75, 3.05) is 0 Å². The standard InChI is InChI=1S/C22H22/c1-16-8-6-11-19(14-16)22(20-12-7-9-17(2)15-20)21-13-5-4-10-18(21)3/h4-15,22H,1-3H3. The van der Waals surface area contributed by atoms with Crippen LogP contribution in [0, 0.1) is 20.8 Å². The Labute approximate surface area is 133 Å². The summed E-state index contributed by atoms with van der Waals surface area (Å²) in [5.41, 5.74) is 8.07. The van der Waals surface area contributed by atoms with Crippen molar-refractivity contribution in [1.82, 2.24) is 0 Å². The van der Waals surface area contributed by atoms with Crippen LogP contribution in [0.1, 0.15) is 39.3 Å². The van der Waals surface area contributed by atoms with Gasteiger partial charge in [0, 0.05) is 5.92 Å². The molecule has 0 aliphatic carbocycles. The monoisotopic (exact) mass is 286 g/mol. The molecule has 0 bridgehead atoms. The second-order valence-corrected chi connectivity index (χ2v) is 6.12. The molecular weight excluding hydrogens is 264 g/mol. The smallest absolute Gasteiger partial charge is 0.0342 e. The minimum absolute atomic E-state index is 0.293. The molecule has 0 amide bonds. The molecule has 0 aliphatic heterocycles. The second kappa shape index (κ2) is 6.19. The minimum Gasteiger partial charge on any atom is -0.0620 e. The van der Waals surface area contributed by atoms with Gasteiger partial charge in [-0.15, -0.1) is 0 Å². The van der Waals surface area contributed by atoms with Crippen molar-refractivity contribution < 1.29 is 0 Å². The Hall–Kier alpha value is -2.34. The third-order valence-corrected chi connectivity index (χ3v) is 4.25. The van der Waals surface area contributed by atoms with Crippen molar-refractivity contribution >= 4 is 0 Å². The van der Waals surface area contributed by atoms with Crippen LogP contribution in [0.15, 0.2) is 72.8 Å². The van der Waals surface area contributed by atoms with Crippen LogP contribution in [0.4, 0.5) is 0 Å². The predicted molar refractivity (Wildman–Crippen MR) is 94.5 cm³/mol. The first-order valence-electron chi connectivity index (χ1n) is 7.84. The van der Waals surface area contributed by atoms with Crippen LogP contribution in [0.3, 0.4) is 0 Å². The molecule has 0 aliphatic rings. The lowest BCUT2D eigenvalue weighted by atomic mass is 9.82. The summed E-state index contributed by atoms with van der Waals surface area (Å²) in [5.74, 6) is 0.293. The van der Waals surface area contributed by atoms with Gasteiger partial charge in [0.15, 0.2) is 0 Å². The largest absolute Gasteiger partial charge is 0.0620 e. The molecule has 0 nitrogen and oxygen atoms in total. The molecule has 0 unspecified atom stereocenters. The molecular formula is C22H22. The van der Waals surface area contributed by atoms with Crippen molar-refractivity contribution in [2.45, 2.75) is 26.7 Å². The lowest BCUT2D eigenvalue weighted by molar-refractivity contribution is 0.957. The molecule has 0 fully saturated rings. The van der Waals surface area contributed by atoms with Gasteiger partial charge in [0.05, 0.1) is 0 Å². The van der Waals surface area contributed by atoms with E-state index in [1.807, 2.05) is 0 Å². The van der Waals surface area contributed by atoms with Gasteiger partial charge in [0.2, 0.25) is 0 Å². The summed E-state index contributed by atoms with van der Waals surface area (Å²) in [6.45, 7) is 6.53. The molecule has 0 heterocycles. The highest BCUT2D eigenvalue weighted by molar-refractivity contribution is 5.47. The molecule has 0 saturated heterocycles. The van der Waals surface area contributed by atoms with E-state index in [0.29, 0.717) is 5.92 Å². The lowest BCUT2D eigenvalue weighted by Gasteiger charge is -2.21. The van der Waals surface area contributed by atoms with Crippen LogP contribution in [0.2, 0.25) is 0 Å². The molecule has 3 aromatic carbocycles. The summed E-state index contributed by atoms with van der Waals surface area (Å²) in [6, 6.07) is 26.4. The van der Waals surface area contributed by atoms with E-state index in [1.165, 1.54) is 33.4 Å². The Morgan fingerprint density at radius 1 is 0.591 bits per heavy atom. The van der Waals surface area contributed by atoms with E-state index in [-0.39, 0.29) is 0 Å². The highest BCUT2D eigenvalue weighted by atomic mass is 14.2. The average molecular weight is 286 g/mol. The molecule has 3 rings (SSSR count). The zero-order valence-corrected chi connectivity index (χ0v) is 13.5. The van der Waals surface area contributed by atoms with Gasteiger partial charge in [0.25, 0.3) is 0 Å². The van der Waals surface area contributed by atoms with Gasteiger partial charge in [-0.05, 0) is 43.0 Å². The first kappa shape index (κ1) is 14.6.